The van der Waals surface area contributed by atoms with Gasteiger partial charge in [-0.3, -0.25) is 0 Å². The van der Waals surface area contributed by atoms with Gasteiger partial charge in [-0.05, 0) is 17.2 Å². The summed E-state index contributed by atoms with van der Waals surface area (Å²) in [6.07, 6.45) is 0. The largest absolute Gasteiger partial charge is 0.496 e. The van der Waals surface area contributed by atoms with E-state index in [4.69, 9.17) is 4.74 Å². The molecule has 3 rings (SSSR count). The van der Waals surface area contributed by atoms with Crippen LogP contribution in [0, 0.1) is 0 Å². The van der Waals surface area contributed by atoms with E-state index in [0.717, 1.165) is 5.75 Å². The van der Waals surface area contributed by atoms with Gasteiger partial charge in [0.05, 0.1) is 7.11 Å². The van der Waals surface area contributed by atoms with Gasteiger partial charge in [0.25, 0.3) is 0 Å². The predicted molar refractivity (Wildman–Crippen MR) is 99.3 cm³/mol. The number of hydrogen-bond donors (Lipinski definition) is 0. The zero-order chi connectivity index (χ0) is 16.1. The molecule has 0 saturated carbocycles. The normalized spacial score (nSPS) is 12.1. The van der Waals surface area contributed by atoms with Gasteiger partial charge in [-0.1, -0.05) is 96.2 Å². The third-order valence-electron chi connectivity index (χ3n) is 4.21. The van der Waals surface area contributed by atoms with Crippen LogP contribution in [0.3, 0.4) is 0 Å². The van der Waals surface area contributed by atoms with Crippen LogP contribution in [0.1, 0.15) is 18.0 Å². The Morgan fingerprint density at radius 1 is 0.696 bits per heavy atom. The molecule has 1 nitrogen and oxygen atoms in total. The molecule has 23 heavy (non-hydrogen) atoms. The summed E-state index contributed by atoms with van der Waals surface area (Å²) in [5, 5.41) is 2.87. The first-order valence-electron chi connectivity index (χ1n) is 7.92. The van der Waals surface area contributed by atoms with Crippen LogP contribution in [0.5, 0.6) is 5.75 Å². The zero-order valence-electron chi connectivity index (χ0n) is 13.6. The number of rotatable bonds is 5. The van der Waals surface area contributed by atoms with Crippen molar-refractivity contribution in [2.75, 3.05) is 7.11 Å². The van der Waals surface area contributed by atoms with Crippen molar-refractivity contribution in [3.05, 3.63) is 90.5 Å². The Morgan fingerprint density at radius 2 is 1.17 bits per heavy atom. The fourth-order valence-electron chi connectivity index (χ4n) is 3.08. The molecule has 2 heteroatoms. The van der Waals surface area contributed by atoms with Crippen LogP contribution >= 0.6 is 0 Å². The molecule has 1 radical (unpaired) electrons. The van der Waals surface area contributed by atoms with Crippen LogP contribution < -0.4 is 15.1 Å². The molecule has 3 aromatic carbocycles. The quantitative estimate of drug-likeness (QED) is 0.653. The maximum atomic E-state index is 5.60. The minimum Gasteiger partial charge on any atom is -0.496 e. The van der Waals surface area contributed by atoms with Gasteiger partial charge < -0.3 is 4.74 Å². The van der Waals surface area contributed by atoms with Crippen molar-refractivity contribution < 1.29 is 4.74 Å². The summed E-state index contributed by atoms with van der Waals surface area (Å²) in [5.41, 5.74) is 1.71. The first-order valence-corrected chi connectivity index (χ1v) is 9.49. The molecule has 0 heterocycles. The summed E-state index contributed by atoms with van der Waals surface area (Å²) in [6, 6.07) is 30.1. The van der Waals surface area contributed by atoms with E-state index in [1.807, 2.05) is 6.07 Å². The lowest BCUT2D eigenvalue weighted by molar-refractivity contribution is 0.409. The molecule has 0 spiro atoms. The van der Waals surface area contributed by atoms with Crippen molar-refractivity contribution in [2.45, 2.75) is 12.5 Å². The fourth-order valence-corrected chi connectivity index (χ4v) is 6.07. The lowest BCUT2D eigenvalue weighted by Gasteiger charge is -2.25. The first-order chi connectivity index (χ1) is 11.3. The lowest BCUT2D eigenvalue weighted by atomic mass is 10.1. The molecule has 0 aromatic heterocycles. The summed E-state index contributed by atoms with van der Waals surface area (Å²) in [5.74, 6) is 0.981. The lowest BCUT2D eigenvalue weighted by Crippen LogP contribution is -2.46. The molecule has 115 valence electrons. The number of methoxy groups -OCH3 is 1. The maximum absolute atomic E-state index is 5.60. The standard InChI is InChI=1S/C21H21OSi/c1-17(20-15-9-10-16-21(20)22-2)23(18-11-5-3-6-12-18)19-13-7-4-8-14-19/h3-17H,1-2H3/t17-/m0/s1. The Hall–Kier alpha value is -2.32. The van der Waals surface area contributed by atoms with Crippen LogP contribution in [0.15, 0.2) is 84.9 Å². The van der Waals surface area contributed by atoms with Crippen LogP contribution in [0.4, 0.5) is 0 Å². The minimum atomic E-state index is -0.942. The number of ether oxygens (including phenoxy) is 1. The monoisotopic (exact) mass is 317 g/mol. The second kappa shape index (κ2) is 7.29. The molecular weight excluding hydrogens is 296 g/mol. The highest BCUT2D eigenvalue weighted by atomic mass is 28.3. The molecule has 1 atom stereocenters. The van der Waals surface area contributed by atoms with E-state index in [1.165, 1.54) is 15.9 Å². The van der Waals surface area contributed by atoms with Crippen LogP contribution in [0.2, 0.25) is 0 Å². The molecule has 0 fully saturated rings. The van der Waals surface area contributed by atoms with Gasteiger partial charge in [0, 0.05) is 0 Å². The van der Waals surface area contributed by atoms with Gasteiger partial charge in [-0.15, -0.1) is 0 Å². The van der Waals surface area contributed by atoms with Gasteiger partial charge in [-0.2, -0.15) is 0 Å². The molecule has 0 unspecified atom stereocenters. The van der Waals surface area contributed by atoms with Crippen molar-refractivity contribution in [3.8, 4) is 5.75 Å². The van der Waals surface area contributed by atoms with Gasteiger partial charge in [0.2, 0.25) is 0 Å². The van der Waals surface area contributed by atoms with Crippen molar-refractivity contribution in [3.63, 3.8) is 0 Å². The number of para-hydroxylation sites is 1. The number of hydrogen-bond acceptors (Lipinski definition) is 1. The highest BCUT2D eigenvalue weighted by Gasteiger charge is 2.26. The van der Waals surface area contributed by atoms with Crippen molar-refractivity contribution in [2.24, 2.45) is 0 Å². The van der Waals surface area contributed by atoms with Crippen molar-refractivity contribution in [1.82, 2.24) is 0 Å². The van der Waals surface area contributed by atoms with E-state index < -0.39 is 8.80 Å². The Labute approximate surface area is 140 Å². The fraction of sp³-hybridized carbons (Fsp3) is 0.143. The Balaban J connectivity index is 2.08. The summed E-state index contributed by atoms with van der Waals surface area (Å²) < 4.78 is 5.60. The second-order valence-corrected chi connectivity index (χ2v) is 8.46. The molecule has 0 aliphatic heterocycles. The molecule has 3 aromatic rings. The van der Waals surface area contributed by atoms with Gasteiger partial charge in [0.15, 0.2) is 0 Å². The van der Waals surface area contributed by atoms with Crippen LogP contribution in [-0.4, -0.2) is 15.9 Å². The van der Waals surface area contributed by atoms with Crippen LogP contribution in [-0.2, 0) is 0 Å². The Kier molecular flexibility index (Phi) is 4.94. The molecular formula is C21H21OSi. The van der Waals surface area contributed by atoms with Gasteiger partial charge >= 0.3 is 0 Å². The average molecular weight is 317 g/mol. The van der Waals surface area contributed by atoms with Gasteiger partial charge in [-0.25, -0.2) is 0 Å². The molecule has 0 aliphatic carbocycles. The Bertz CT molecular complexity index is 701. The summed E-state index contributed by atoms with van der Waals surface area (Å²) in [7, 11) is 0.811. The first kappa shape index (κ1) is 15.6. The average Bonchev–Trinajstić information content (AvgIpc) is 2.63. The van der Waals surface area contributed by atoms with E-state index in [2.05, 4.69) is 85.8 Å². The minimum absolute atomic E-state index is 0.418. The van der Waals surface area contributed by atoms with Crippen molar-refractivity contribution in [1.29, 1.82) is 0 Å². The molecule has 0 saturated heterocycles. The highest BCUT2D eigenvalue weighted by Crippen LogP contribution is 2.27. The molecule has 0 N–H and O–H groups in total. The molecule has 0 aliphatic rings. The maximum Gasteiger partial charge on any atom is 0.128 e. The third-order valence-corrected chi connectivity index (χ3v) is 7.30. The van der Waals surface area contributed by atoms with E-state index in [0.29, 0.717) is 5.54 Å². The summed E-state index contributed by atoms with van der Waals surface area (Å²) in [6.45, 7) is 2.33. The Morgan fingerprint density at radius 3 is 1.70 bits per heavy atom. The van der Waals surface area contributed by atoms with E-state index in [9.17, 15) is 0 Å². The van der Waals surface area contributed by atoms with E-state index in [-0.39, 0.29) is 0 Å². The van der Waals surface area contributed by atoms with E-state index in [1.54, 1.807) is 7.11 Å². The van der Waals surface area contributed by atoms with E-state index >= 15 is 0 Å². The predicted octanol–water partition coefficient (Wildman–Crippen LogP) is 3.65. The summed E-state index contributed by atoms with van der Waals surface area (Å²) >= 11 is 0. The van der Waals surface area contributed by atoms with Crippen LogP contribution in [0.25, 0.3) is 0 Å². The SMILES string of the molecule is COc1ccccc1[C@H](C)[Si](c1ccccc1)c1ccccc1. The third kappa shape index (κ3) is 3.38. The van der Waals surface area contributed by atoms with Crippen molar-refractivity contribution >= 4 is 19.2 Å². The second-order valence-electron chi connectivity index (χ2n) is 5.61. The zero-order valence-corrected chi connectivity index (χ0v) is 14.6. The number of benzene rings is 3. The highest BCUT2D eigenvalue weighted by molar-refractivity contribution is 6.86. The summed E-state index contributed by atoms with van der Waals surface area (Å²) in [4.78, 5) is 0. The smallest absolute Gasteiger partial charge is 0.128 e. The topological polar surface area (TPSA) is 9.23 Å². The van der Waals surface area contributed by atoms with Gasteiger partial charge in [0.1, 0.15) is 14.5 Å². The molecule has 0 amide bonds. The molecule has 0 bridgehead atoms.